The van der Waals surface area contributed by atoms with Crippen molar-refractivity contribution < 1.29 is 4.79 Å². The predicted octanol–water partition coefficient (Wildman–Crippen LogP) is 3.44. The van der Waals surface area contributed by atoms with Gasteiger partial charge < -0.3 is 15.1 Å². The van der Waals surface area contributed by atoms with Crippen LogP contribution in [0.25, 0.3) is 0 Å². The third-order valence-corrected chi connectivity index (χ3v) is 4.30. The van der Waals surface area contributed by atoms with E-state index < -0.39 is 0 Å². The fourth-order valence-corrected chi connectivity index (χ4v) is 2.72. The molecule has 1 fully saturated rings. The molecule has 1 saturated heterocycles. The van der Waals surface area contributed by atoms with Crippen LogP contribution in [0.5, 0.6) is 0 Å². The lowest BCUT2D eigenvalue weighted by Gasteiger charge is -2.36. The molecule has 4 nitrogen and oxygen atoms in total. The number of carbonyl (C=O) groups is 1. The van der Waals surface area contributed by atoms with Crippen molar-refractivity contribution in [3.63, 3.8) is 0 Å². The zero-order valence-corrected chi connectivity index (χ0v) is 14.1. The molecule has 122 valence electrons. The minimum atomic E-state index is 0.0863. The Bertz CT molecular complexity index is 462. The van der Waals surface area contributed by atoms with E-state index in [0.717, 1.165) is 45.6 Å². The fourth-order valence-electron chi connectivity index (χ4n) is 2.72. The van der Waals surface area contributed by atoms with Gasteiger partial charge in [0.25, 0.3) is 0 Å². The summed E-state index contributed by atoms with van der Waals surface area (Å²) in [6.07, 6.45) is 2.16. The molecule has 22 heavy (non-hydrogen) atoms. The molecular weight excluding hydrogens is 274 g/mol. The zero-order chi connectivity index (χ0) is 15.9. The predicted molar refractivity (Wildman–Crippen MR) is 92.6 cm³/mol. The van der Waals surface area contributed by atoms with Crippen LogP contribution < -0.4 is 10.2 Å². The Morgan fingerprint density at radius 2 is 1.77 bits per heavy atom. The minimum absolute atomic E-state index is 0.0863. The summed E-state index contributed by atoms with van der Waals surface area (Å²) in [4.78, 5) is 16.3. The van der Waals surface area contributed by atoms with Crippen LogP contribution in [0.1, 0.15) is 45.1 Å². The van der Waals surface area contributed by atoms with Crippen LogP contribution in [0.2, 0.25) is 0 Å². The smallest absolute Gasteiger partial charge is 0.317 e. The van der Waals surface area contributed by atoms with E-state index in [1.165, 1.54) is 11.3 Å². The SMILES string of the molecule is CCCCNC(=O)N1CCN(c2ccc(C(C)C)cc2)CC1. The number of carbonyl (C=O) groups excluding carboxylic acids is 1. The van der Waals surface area contributed by atoms with Crippen molar-refractivity contribution in [3.8, 4) is 0 Å². The first kappa shape index (κ1) is 16.7. The van der Waals surface area contributed by atoms with Gasteiger partial charge in [0.1, 0.15) is 0 Å². The molecule has 2 rings (SSSR count). The van der Waals surface area contributed by atoms with Gasteiger partial charge in [-0.3, -0.25) is 0 Å². The van der Waals surface area contributed by atoms with E-state index >= 15 is 0 Å². The van der Waals surface area contributed by atoms with Gasteiger partial charge in [0.15, 0.2) is 0 Å². The number of nitrogens with one attached hydrogen (secondary N) is 1. The molecule has 1 aliphatic heterocycles. The Hall–Kier alpha value is -1.71. The summed E-state index contributed by atoms with van der Waals surface area (Å²) in [5.41, 5.74) is 2.63. The quantitative estimate of drug-likeness (QED) is 0.846. The number of anilines is 1. The van der Waals surface area contributed by atoms with Gasteiger partial charge in [0, 0.05) is 38.4 Å². The topological polar surface area (TPSA) is 35.6 Å². The molecule has 0 atom stereocenters. The van der Waals surface area contributed by atoms with Crippen molar-refractivity contribution >= 4 is 11.7 Å². The first-order valence-electron chi connectivity index (χ1n) is 8.49. The van der Waals surface area contributed by atoms with Crippen LogP contribution in [-0.4, -0.2) is 43.7 Å². The minimum Gasteiger partial charge on any atom is -0.368 e. The maximum absolute atomic E-state index is 12.0. The molecule has 1 N–H and O–H groups in total. The highest BCUT2D eigenvalue weighted by molar-refractivity contribution is 5.74. The van der Waals surface area contributed by atoms with Gasteiger partial charge in [0.2, 0.25) is 0 Å². The standard InChI is InChI=1S/C18H29N3O/c1-4-5-10-19-18(22)21-13-11-20(12-14-21)17-8-6-16(7-9-17)15(2)3/h6-9,15H,4-5,10-14H2,1-3H3,(H,19,22). The van der Waals surface area contributed by atoms with E-state index in [-0.39, 0.29) is 6.03 Å². The number of nitrogens with zero attached hydrogens (tertiary/aromatic N) is 2. The monoisotopic (exact) mass is 303 g/mol. The molecule has 0 spiro atoms. The average molecular weight is 303 g/mol. The van der Waals surface area contributed by atoms with Crippen LogP contribution >= 0.6 is 0 Å². The summed E-state index contributed by atoms with van der Waals surface area (Å²) in [6, 6.07) is 8.91. The van der Waals surface area contributed by atoms with Crippen molar-refractivity contribution in [3.05, 3.63) is 29.8 Å². The first-order chi connectivity index (χ1) is 10.6. The molecule has 1 aromatic carbocycles. The van der Waals surface area contributed by atoms with Gasteiger partial charge in [-0.15, -0.1) is 0 Å². The van der Waals surface area contributed by atoms with E-state index in [0.29, 0.717) is 5.92 Å². The van der Waals surface area contributed by atoms with E-state index in [2.05, 4.69) is 55.3 Å². The van der Waals surface area contributed by atoms with Gasteiger partial charge in [-0.2, -0.15) is 0 Å². The maximum atomic E-state index is 12.0. The second-order valence-corrected chi connectivity index (χ2v) is 6.31. The third-order valence-electron chi connectivity index (χ3n) is 4.30. The number of piperazine rings is 1. The highest BCUT2D eigenvalue weighted by atomic mass is 16.2. The molecule has 2 amide bonds. The van der Waals surface area contributed by atoms with Crippen molar-refractivity contribution in [2.45, 2.75) is 39.5 Å². The van der Waals surface area contributed by atoms with Gasteiger partial charge in [-0.05, 0) is 30.0 Å². The molecular formula is C18H29N3O. The van der Waals surface area contributed by atoms with Crippen molar-refractivity contribution in [2.24, 2.45) is 0 Å². The Morgan fingerprint density at radius 1 is 1.14 bits per heavy atom. The van der Waals surface area contributed by atoms with Crippen molar-refractivity contribution in [1.29, 1.82) is 0 Å². The second-order valence-electron chi connectivity index (χ2n) is 6.31. The Balaban J connectivity index is 1.82. The molecule has 0 saturated carbocycles. The number of benzene rings is 1. The Labute approximate surface area is 134 Å². The summed E-state index contributed by atoms with van der Waals surface area (Å²) in [5, 5.41) is 3.00. The van der Waals surface area contributed by atoms with Crippen LogP contribution in [0.3, 0.4) is 0 Å². The maximum Gasteiger partial charge on any atom is 0.317 e. The lowest BCUT2D eigenvalue weighted by molar-refractivity contribution is 0.194. The molecule has 1 aliphatic rings. The van der Waals surface area contributed by atoms with Crippen molar-refractivity contribution in [1.82, 2.24) is 10.2 Å². The lowest BCUT2D eigenvalue weighted by atomic mass is 10.0. The number of urea groups is 1. The van der Waals surface area contributed by atoms with Crippen LogP contribution in [0, 0.1) is 0 Å². The average Bonchev–Trinajstić information content (AvgIpc) is 2.55. The summed E-state index contributed by atoms with van der Waals surface area (Å²) in [6.45, 7) is 10.7. The number of unbranched alkanes of at least 4 members (excludes halogenated alkanes) is 1. The molecule has 0 aliphatic carbocycles. The normalized spacial score (nSPS) is 15.3. The Morgan fingerprint density at radius 3 is 2.32 bits per heavy atom. The molecule has 0 bridgehead atoms. The van der Waals surface area contributed by atoms with E-state index in [1.807, 2.05) is 4.90 Å². The molecule has 4 heteroatoms. The first-order valence-corrected chi connectivity index (χ1v) is 8.49. The van der Waals surface area contributed by atoms with Gasteiger partial charge in [-0.1, -0.05) is 39.3 Å². The third kappa shape index (κ3) is 4.39. The van der Waals surface area contributed by atoms with Gasteiger partial charge in [-0.25, -0.2) is 4.79 Å². The van der Waals surface area contributed by atoms with Crippen LogP contribution in [-0.2, 0) is 0 Å². The van der Waals surface area contributed by atoms with Crippen LogP contribution in [0.4, 0.5) is 10.5 Å². The fraction of sp³-hybridized carbons (Fsp3) is 0.611. The molecule has 1 aromatic rings. The summed E-state index contributed by atoms with van der Waals surface area (Å²) < 4.78 is 0. The molecule has 0 aromatic heterocycles. The second kappa shape index (κ2) is 8.06. The molecule has 1 heterocycles. The van der Waals surface area contributed by atoms with Gasteiger partial charge >= 0.3 is 6.03 Å². The van der Waals surface area contributed by atoms with E-state index in [1.54, 1.807) is 0 Å². The number of amides is 2. The van der Waals surface area contributed by atoms with Gasteiger partial charge in [0.05, 0.1) is 0 Å². The lowest BCUT2D eigenvalue weighted by Crippen LogP contribution is -2.52. The van der Waals surface area contributed by atoms with E-state index in [4.69, 9.17) is 0 Å². The highest BCUT2D eigenvalue weighted by Crippen LogP contribution is 2.21. The summed E-state index contributed by atoms with van der Waals surface area (Å²) >= 11 is 0. The number of hydrogen-bond acceptors (Lipinski definition) is 2. The highest BCUT2D eigenvalue weighted by Gasteiger charge is 2.20. The summed E-state index contributed by atoms with van der Waals surface area (Å²) in [5.74, 6) is 0.567. The Kier molecular flexibility index (Phi) is 6.10. The molecule has 0 radical (unpaired) electrons. The van der Waals surface area contributed by atoms with E-state index in [9.17, 15) is 4.79 Å². The zero-order valence-electron chi connectivity index (χ0n) is 14.1. The van der Waals surface area contributed by atoms with Crippen LogP contribution in [0.15, 0.2) is 24.3 Å². The number of hydrogen-bond donors (Lipinski definition) is 1. The number of rotatable bonds is 5. The van der Waals surface area contributed by atoms with Crippen molar-refractivity contribution in [2.75, 3.05) is 37.6 Å². The summed E-state index contributed by atoms with van der Waals surface area (Å²) in [7, 11) is 0. The molecule has 0 unspecified atom stereocenters. The largest absolute Gasteiger partial charge is 0.368 e.